The third kappa shape index (κ3) is 3.29. The summed E-state index contributed by atoms with van der Waals surface area (Å²) in [5.74, 6) is -0.170. The molecule has 0 aliphatic heterocycles. The lowest BCUT2D eigenvalue weighted by Gasteiger charge is -2.02. The molecule has 0 aromatic heterocycles. The molecule has 0 saturated heterocycles. The van der Waals surface area contributed by atoms with Crippen molar-refractivity contribution in [1.29, 1.82) is 0 Å². The normalized spacial score (nSPS) is 11.1. The number of phenolic OH excluding ortho intramolecular Hbond substituents is 1. The third-order valence-electron chi connectivity index (χ3n) is 2.22. The summed E-state index contributed by atoms with van der Waals surface area (Å²) < 4.78 is 14.5. The molecule has 0 radical (unpaired) electrons. The van der Waals surface area contributed by atoms with Crippen LogP contribution in [0.15, 0.2) is 45.9 Å². The number of hydrogen-bond donors (Lipinski definition) is 1. The van der Waals surface area contributed by atoms with E-state index in [0.29, 0.717) is 11.3 Å². The van der Waals surface area contributed by atoms with E-state index in [1.807, 2.05) is 22.6 Å². The lowest BCUT2D eigenvalue weighted by Crippen LogP contribution is -1.86. The smallest absolute Gasteiger partial charge is 0.137 e. The molecule has 0 atom stereocenters. The number of hydrogen-bond acceptors (Lipinski definition) is 2. The Morgan fingerprint density at radius 3 is 2.78 bits per heavy atom. The number of aliphatic imine (C=N–C) groups is 1. The molecule has 0 bridgehead atoms. The summed E-state index contributed by atoms with van der Waals surface area (Å²) in [5, 5.41) is 9.86. The molecule has 0 saturated carbocycles. The van der Waals surface area contributed by atoms with Crippen molar-refractivity contribution in [2.24, 2.45) is 4.99 Å². The van der Waals surface area contributed by atoms with E-state index in [0.717, 1.165) is 8.04 Å². The molecule has 92 valence electrons. The van der Waals surface area contributed by atoms with Crippen LogP contribution in [0, 0.1) is 9.39 Å². The zero-order chi connectivity index (χ0) is 13.1. The number of benzene rings is 2. The average Bonchev–Trinajstić information content (AvgIpc) is 2.32. The highest BCUT2D eigenvalue weighted by Gasteiger charge is 2.05. The zero-order valence-corrected chi connectivity index (χ0v) is 12.8. The van der Waals surface area contributed by atoms with Crippen molar-refractivity contribution in [2.45, 2.75) is 0 Å². The molecule has 0 unspecified atom stereocenters. The Bertz CT molecular complexity index is 616. The highest BCUT2D eigenvalue weighted by atomic mass is 127. The second-order valence-corrected chi connectivity index (χ2v) is 5.64. The van der Waals surface area contributed by atoms with E-state index in [-0.39, 0.29) is 11.6 Å². The summed E-state index contributed by atoms with van der Waals surface area (Å²) in [6.45, 7) is 0. The molecule has 0 aliphatic carbocycles. The van der Waals surface area contributed by atoms with Gasteiger partial charge in [-0.05, 0) is 52.9 Å². The van der Waals surface area contributed by atoms with Crippen molar-refractivity contribution in [1.82, 2.24) is 0 Å². The Morgan fingerprint density at radius 1 is 1.28 bits per heavy atom. The van der Waals surface area contributed by atoms with E-state index >= 15 is 0 Å². The monoisotopic (exact) mass is 419 g/mol. The summed E-state index contributed by atoms with van der Waals surface area (Å²) in [6, 6.07) is 9.52. The van der Waals surface area contributed by atoms with E-state index in [1.54, 1.807) is 24.3 Å². The van der Waals surface area contributed by atoms with Crippen LogP contribution in [0.3, 0.4) is 0 Å². The number of phenols is 1. The first-order valence-electron chi connectivity index (χ1n) is 5.04. The van der Waals surface area contributed by atoms with Crippen LogP contribution in [0.2, 0.25) is 0 Å². The average molecular weight is 420 g/mol. The molecule has 0 aliphatic rings. The molecule has 2 aromatic rings. The fourth-order valence-corrected chi connectivity index (χ4v) is 2.94. The van der Waals surface area contributed by atoms with Crippen LogP contribution in [0.4, 0.5) is 10.1 Å². The van der Waals surface area contributed by atoms with Crippen molar-refractivity contribution in [2.75, 3.05) is 0 Å². The lowest BCUT2D eigenvalue weighted by molar-refractivity contribution is 0.470. The molecule has 0 spiro atoms. The summed E-state index contributed by atoms with van der Waals surface area (Å²) in [4.78, 5) is 4.13. The number of halogens is 3. The molecule has 0 heterocycles. The minimum atomic E-state index is -0.335. The van der Waals surface area contributed by atoms with Gasteiger partial charge in [0.15, 0.2) is 0 Å². The number of aromatic hydroxyl groups is 1. The van der Waals surface area contributed by atoms with Crippen LogP contribution < -0.4 is 0 Å². The first-order chi connectivity index (χ1) is 8.56. The molecular formula is C13H8BrFINO. The van der Waals surface area contributed by atoms with Crippen LogP contribution in [0.25, 0.3) is 0 Å². The Kier molecular flexibility index (Phi) is 4.34. The van der Waals surface area contributed by atoms with Crippen molar-refractivity contribution >= 4 is 50.4 Å². The lowest BCUT2D eigenvalue weighted by atomic mass is 10.2. The largest absolute Gasteiger partial charge is 0.506 e. The van der Waals surface area contributed by atoms with Crippen LogP contribution in [-0.4, -0.2) is 11.3 Å². The highest BCUT2D eigenvalue weighted by Crippen LogP contribution is 2.28. The second-order valence-electron chi connectivity index (χ2n) is 3.56. The molecule has 1 N–H and O–H groups in total. The SMILES string of the molecule is Oc1c(I)cc(Br)cc1C=Nc1cccc(F)c1. The number of nitrogens with zero attached hydrogens (tertiary/aromatic N) is 1. The van der Waals surface area contributed by atoms with Gasteiger partial charge in [0.1, 0.15) is 11.6 Å². The van der Waals surface area contributed by atoms with Gasteiger partial charge in [0.25, 0.3) is 0 Å². The predicted molar refractivity (Wildman–Crippen MR) is 82.2 cm³/mol. The van der Waals surface area contributed by atoms with E-state index in [2.05, 4.69) is 20.9 Å². The van der Waals surface area contributed by atoms with Gasteiger partial charge in [0, 0.05) is 16.3 Å². The molecule has 2 nitrogen and oxygen atoms in total. The molecule has 2 rings (SSSR count). The first kappa shape index (κ1) is 13.5. The summed E-state index contributed by atoms with van der Waals surface area (Å²) >= 11 is 5.38. The molecule has 5 heteroatoms. The molecular weight excluding hydrogens is 412 g/mol. The van der Waals surface area contributed by atoms with Gasteiger partial charge >= 0.3 is 0 Å². The van der Waals surface area contributed by atoms with E-state index in [4.69, 9.17) is 0 Å². The highest BCUT2D eigenvalue weighted by molar-refractivity contribution is 14.1. The van der Waals surface area contributed by atoms with Gasteiger partial charge in [-0.3, -0.25) is 4.99 Å². The van der Waals surface area contributed by atoms with E-state index in [1.165, 1.54) is 18.3 Å². The minimum absolute atomic E-state index is 0.166. The van der Waals surface area contributed by atoms with Crippen LogP contribution in [0.5, 0.6) is 5.75 Å². The molecule has 0 fully saturated rings. The summed E-state index contributed by atoms with van der Waals surface area (Å²) in [7, 11) is 0. The molecule has 18 heavy (non-hydrogen) atoms. The van der Waals surface area contributed by atoms with Crippen LogP contribution in [-0.2, 0) is 0 Å². The van der Waals surface area contributed by atoms with Crippen molar-refractivity contribution in [3.63, 3.8) is 0 Å². The fourth-order valence-electron chi connectivity index (χ4n) is 1.38. The van der Waals surface area contributed by atoms with Gasteiger partial charge in [-0.1, -0.05) is 22.0 Å². The first-order valence-corrected chi connectivity index (χ1v) is 6.91. The Labute approximate surface area is 126 Å². The third-order valence-corrected chi connectivity index (χ3v) is 3.50. The molecule has 0 amide bonds. The minimum Gasteiger partial charge on any atom is -0.506 e. The fraction of sp³-hybridized carbons (Fsp3) is 0. The summed E-state index contributed by atoms with van der Waals surface area (Å²) in [6.07, 6.45) is 1.51. The summed E-state index contributed by atoms with van der Waals surface area (Å²) in [5.41, 5.74) is 1.09. The Morgan fingerprint density at radius 2 is 2.06 bits per heavy atom. The number of rotatable bonds is 2. The topological polar surface area (TPSA) is 32.6 Å². The van der Waals surface area contributed by atoms with Gasteiger partial charge < -0.3 is 5.11 Å². The van der Waals surface area contributed by atoms with Gasteiger partial charge in [-0.2, -0.15) is 0 Å². The quantitative estimate of drug-likeness (QED) is 0.557. The maximum absolute atomic E-state index is 13.0. The van der Waals surface area contributed by atoms with Gasteiger partial charge in [-0.15, -0.1) is 0 Å². The van der Waals surface area contributed by atoms with Crippen molar-refractivity contribution < 1.29 is 9.50 Å². The molecule has 2 aromatic carbocycles. The van der Waals surface area contributed by atoms with Gasteiger partial charge in [0.2, 0.25) is 0 Å². The van der Waals surface area contributed by atoms with Crippen LogP contribution in [0.1, 0.15) is 5.56 Å². The standard InChI is InChI=1S/C13H8BrFINO/c14-9-4-8(13(18)12(16)5-9)7-17-11-3-1-2-10(15)6-11/h1-7,18H. The van der Waals surface area contributed by atoms with Crippen LogP contribution >= 0.6 is 38.5 Å². The Balaban J connectivity index is 2.34. The van der Waals surface area contributed by atoms with Crippen molar-refractivity contribution in [3.05, 3.63) is 55.8 Å². The Hall–Kier alpha value is -0.950. The second kappa shape index (κ2) is 5.79. The maximum Gasteiger partial charge on any atom is 0.137 e. The van der Waals surface area contributed by atoms with E-state index in [9.17, 15) is 9.50 Å². The zero-order valence-electron chi connectivity index (χ0n) is 9.07. The predicted octanol–water partition coefficient (Wildman–Crippen LogP) is 4.65. The van der Waals surface area contributed by atoms with E-state index < -0.39 is 0 Å². The van der Waals surface area contributed by atoms with Gasteiger partial charge in [0.05, 0.1) is 9.26 Å². The van der Waals surface area contributed by atoms with Crippen molar-refractivity contribution in [3.8, 4) is 5.75 Å². The maximum atomic E-state index is 13.0. The van der Waals surface area contributed by atoms with Gasteiger partial charge in [-0.25, -0.2) is 4.39 Å².